The Labute approximate surface area is 184 Å². The third-order valence-electron chi connectivity index (χ3n) is 5.23. The summed E-state index contributed by atoms with van der Waals surface area (Å²) in [6.07, 6.45) is 3.41. The number of rotatable bonds is 6. The van der Waals surface area contributed by atoms with E-state index < -0.39 is 17.9 Å². The Kier molecular flexibility index (Phi) is 5.65. The van der Waals surface area contributed by atoms with Gasteiger partial charge in [0.15, 0.2) is 0 Å². The maximum atomic E-state index is 13.2. The molecule has 0 spiro atoms. The maximum Gasteiger partial charge on any atom is 0.262 e. The Hall–Kier alpha value is -3.39. The molecule has 3 aromatic rings. The van der Waals surface area contributed by atoms with E-state index in [0.717, 1.165) is 21.2 Å². The topological polar surface area (TPSA) is 92.3 Å². The van der Waals surface area contributed by atoms with Gasteiger partial charge < -0.3 is 5.32 Å². The summed E-state index contributed by atoms with van der Waals surface area (Å²) in [5, 5.41) is 5.61. The van der Waals surface area contributed by atoms with Crippen LogP contribution in [0.1, 0.15) is 52.5 Å². The summed E-state index contributed by atoms with van der Waals surface area (Å²) in [7, 11) is 0. The van der Waals surface area contributed by atoms with E-state index in [1.54, 1.807) is 36.7 Å². The van der Waals surface area contributed by atoms with E-state index in [9.17, 15) is 14.4 Å². The highest BCUT2D eigenvalue weighted by molar-refractivity contribution is 7.10. The smallest absolute Gasteiger partial charge is 0.262 e. The predicted molar refractivity (Wildman–Crippen MR) is 117 cm³/mol. The number of nitrogens with one attached hydrogen (secondary N) is 1. The van der Waals surface area contributed by atoms with Crippen LogP contribution in [0.3, 0.4) is 0 Å². The Balaban J connectivity index is 1.53. The quantitative estimate of drug-likeness (QED) is 0.597. The number of carbonyl (C=O) groups is 3. The van der Waals surface area contributed by atoms with E-state index in [4.69, 9.17) is 0 Å². The van der Waals surface area contributed by atoms with Crippen molar-refractivity contribution in [2.75, 3.05) is 0 Å². The van der Waals surface area contributed by atoms with Crippen LogP contribution in [-0.4, -0.2) is 38.6 Å². The molecule has 1 aliphatic heterocycles. The molecule has 0 bridgehead atoms. The molecule has 3 amide bonds. The number of nitrogens with zero attached hydrogens (tertiary/aromatic N) is 3. The molecule has 0 fully saturated rings. The molecule has 1 aromatic carbocycles. The van der Waals surface area contributed by atoms with Gasteiger partial charge in [-0.25, -0.2) is 4.98 Å². The standard InChI is InChI=1S/C23H22N4O3S/c1-13(2)19(27-22(29)16-6-4-5-7-17(16)23(27)30)20(28)25-14(3)21-26-18(12-31-21)15-8-10-24-11-9-15/h4-14,19H,1-3H3,(H,25,28). The van der Waals surface area contributed by atoms with Crippen LogP contribution in [0.5, 0.6) is 0 Å². The Morgan fingerprint density at radius 1 is 1.00 bits per heavy atom. The van der Waals surface area contributed by atoms with E-state index in [2.05, 4.69) is 15.3 Å². The monoisotopic (exact) mass is 434 g/mol. The second-order valence-electron chi connectivity index (χ2n) is 7.75. The molecule has 1 N–H and O–H groups in total. The minimum absolute atomic E-state index is 0.252. The van der Waals surface area contributed by atoms with Gasteiger partial charge in [-0.15, -0.1) is 11.3 Å². The zero-order valence-corrected chi connectivity index (χ0v) is 18.2. The second-order valence-corrected chi connectivity index (χ2v) is 8.64. The van der Waals surface area contributed by atoms with Gasteiger partial charge in [0.05, 0.1) is 22.9 Å². The average Bonchev–Trinajstić information content (AvgIpc) is 3.35. The minimum atomic E-state index is -0.908. The molecule has 0 aliphatic carbocycles. The number of thiazole rings is 1. The zero-order chi connectivity index (χ0) is 22.1. The number of hydrogen-bond donors (Lipinski definition) is 1. The molecule has 8 heteroatoms. The molecule has 7 nitrogen and oxygen atoms in total. The zero-order valence-electron chi connectivity index (χ0n) is 17.4. The van der Waals surface area contributed by atoms with Crippen molar-refractivity contribution < 1.29 is 14.4 Å². The molecule has 1 aliphatic rings. The third-order valence-corrected chi connectivity index (χ3v) is 6.26. The first kappa shape index (κ1) is 20.9. The summed E-state index contributed by atoms with van der Waals surface area (Å²) in [6, 6.07) is 9.12. The normalized spacial score (nSPS) is 15.2. The maximum absolute atomic E-state index is 13.2. The van der Waals surface area contributed by atoms with Crippen LogP contribution in [0.25, 0.3) is 11.3 Å². The van der Waals surface area contributed by atoms with Crippen LogP contribution in [0.2, 0.25) is 0 Å². The highest BCUT2D eigenvalue weighted by Crippen LogP contribution is 2.29. The van der Waals surface area contributed by atoms with Crippen LogP contribution < -0.4 is 5.32 Å². The van der Waals surface area contributed by atoms with Crippen molar-refractivity contribution in [2.45, 2.75) is 32.9 Å². The van der Waals surface area contributed by atoms with Gasteiger partial charge in [-0.3, -0.25) is 24.3 Å². The molecule has 2 aromatic heterocycles. The molecule has 2 unspecified atom stereocenters. The molecule has 0 radical (unpaired) electrons. The molecular weight excluding hydrogens is 412 g/mol. The third kappa shape index (κ3) is 3.86. The lowest BCUT2D eigenvalue weighted by atomic mass is 10.0. The summed E-state index contributed by atoms with van der Waals surface area (Å²) in [5.74, 6) is -1.50. The van der Waals surface area contributed by atoms with Crippen LogP contribution in [-0.2, 0) is 4.79 Å². The van der Waals surface area contributed by atoms with Crippen LogP contribution in [0, 0.1) is 5.92 Å². The summed E-state index contributed by atoms with van der Waals surface area (Å²) >= 11 is 1.44. The van der Waals surface area contributed by atoms with Gasteiger partial charge in [0, 0.05) is 23.3 Å². The fraction of sp³-hybridized carbons (Fsp3) is 0.261. The first-order valence-corrected chi connectivity index (χ1v) is 10.9. The van der Waals surface area contributed by atoms with Gasteiger partial charge in [-0.2, -0.15) is 0 Å². The summed E-state index contributed by atoms with van der Waals surface area (Å²) in [4.78, 5) is 48.7. The minimum Gasteiger partial charge on any atom is -0.345 e. The number of aromatic nitrogens is 2. The van der Waals surface area contributed by atoms with Gasteiger partial charge in [0.2, 0.25) is 5.91 Å². The number of amides is 3. The molecule has 3 heterocycles. The number of fused-ring (bicyclic) bond motifs is 1. The van der Waals surface area contributed by atoms with E-state index in [-0.39, 0.29) is 17.9 Å². The van der Waals surface area contributed by atoms with Crippen LogP contribution in [0.15, 0.2) is 54.2 Å². The molecule has 158 valence electrons. The predicted octanol–water partition coefficient (Wildman–Crippen LogP) is 3.70. The fourth-order valence-electron chi connectivity index (χ4n) is 3.68. The largest absolute Gasteiger partial charge is 0.345 e. The van der Waals surface area contributed by atoms with Crippen molar-refractivity contribution >= 4 is 29.1 Å². The van der Waals surface area contributed by atoms with Gasteiger partial charge in [-0.05, 0) is 37.1 Å². The number of imide groups is 1. The first-order valence-electron chi connectivity index (χ1n) is 10.0. The highest BCUT2D eigenvalue weighted by atomic mass is 32.1. The van der Waals surface area contributed by atoms with Crippen molar-refractivity contribution in [3.05, 3.63) is 70.3 Å². The molecule has 0 saturated heterocycles. The SMILES string of the molecule is CC(NC(=O)C(C(C)C)N1C(=O)c2ccccc2C1=O)c1nc(-c2ccncc2)cs1. The molecular formula is C23H22N4O3S. The molecule has 0 saturated carbocycles. The fourth-order valence-corrected chi connectivity index (χ4v) is 4.52. The Morgan fingerprint density at radius 2 is 1.61 bits per heavy atom. The van der Waals surface area contributed by atoms with E-state index in [0.29, 0.717) is 11.1 Å². The highest BCUT2D eigenvalue weighted by Gasteiger charge is 2.44. The Morgan fingerprint density at radius 3 is 2.19 bits per heavy atom. The van der Waals surface area contributed by atoms with Gasteiger partial charge in [-0.1, -0.05) is 26.0 Å². The van der Waals surface area contributed by atoms with Crippen molar-refractivity contribution in [3.8, 4) is 11.3 Å². The van der Waals surface area contributed by atoms with Crippen molar-refractivity contribution in [1.82, 2.24) is 20.2 Å². The molecule has 4 rings (SSSR count). The number of pyridine rings is 1. The summed E-state index contributed by atoms with van der Waals surface area (Å²) in [6.45, 7) is 5.49. The van der Waals surface area contributed by atoms with Crippen LogP contribution >= 0.6 is 11.3 Å². The Bertz CT molecular complexity index is 1110. The summed E-state index contributed by atoms with van der Waals surface area (Å²) in [5.41, 5.74) is 2.42. The number of benzene rings is 1. The lowest BCUT2D eigenvalue weighted by molar-refractivity contribution is -0.127. The van der Waals surface area contributed by atoms with E-state index >= 15 is 0 Å². The molecule has 31 heavy (non-hydrogen) atoms. The van der Waals surface area contributed by atoms with Crippen LogP contribution in [0.4, 0.5) is 0 Å². The van der Waals surface area contributed by atoms with E-state index in [1.165, 1.54) is 11.3 Å². The lowest BCUT2D eigenvalue weighted by Gasteiger charge is -2.29. The average molecular weight is 435 g/mol. The van der Waals surface area contributed by atoms with E-state index in [1.807, 2.05) is 38.3 Å². The lowest BCUT2D eigenvalue weighted by Crippen LogP contribution is -2.52. The summed E-state index contributed by atoms with van der Waals surface area (Å²) < 4.78 is 0. The molecule has 2 atom stereocenters. The van der Waals surface area contributed by atoms with Crippen molar-refractivity contribution in [1.29, 1.82) is 0 Å². The number of carbonyl (C=O) groups excluding carboxylic acids is 3. The van der Waals surface area contributed by atoms with Crippen molar-refractivity contribution in [2.24, 2.45) is 5.92 Å². The van der Waals surface area contributed by atoms with Gasteiger partial charge >= 0.3 is 0 Å². The first-order chi connectivity index (χ1) is 14.9. The second kappa shape index (κ2) is 8.39. The number of hydrogen-bond acceptors (Lipinski definition) is 6. The van der Waals surface area contributed by atoms with Gasteiger partial charge in [0.25, 0.3) is 11.8 Å². The van der Waals surface area contributed by atoms with Crippen molar-refractivity contribution in [3.63, 3.8) is 0 Å². The van der Waals surface area contributed by atoms with Gasteiger partial charge in [0.1, 0.15) is 11.0 Å².